The van der Waals surface area contributed by atoms with Crippen molar-refractivity contribution >= 4 is 44.5 Å². The Bertz CT molecular complexity index is 1310. The zero-order valence-corrected chi connectivity index (χ0v) is 18.7. The van der Waals surface area contributed by atoms with Gasteiger partial charge >= 0.3 is 6.03 Å². The summed E-state index contributed by atoms with van der Waals surface area (Å²) in [5.74, 6) is 0. The van der Waals surface area contributed by atoms with Crippen LogP contribution >= 0.6 is 11.3 Å². The maximum Gasteiger partial charge on any atom is 0.323 e. The largest absolute Gasteiger partial charge is 0.323 e. The maximum absolute atomic E-state index is 13.1. The minimum absolute atomic E-state index is 0.239. The predicted molar refractivity (Wildman–Crippen MR) is 129 cm³/mol. The normalized spacial score (nSPS) is 11.0. The summed E-state index contributed by atoms with van der Waals surface area (Å²) in [6.45, 7) is 0. The van der Waals surface area contributed by atoms with Gasteiger partial charge in [0.15, 0.2) is 0 Å². The Kier molecular flexibility index (Phi) is 6.20. The number of nitrogens with zero attached hydrogens (tertiary/aromatic N) is 2. The molecule has 162 valence electrons. The quantitative estimate of drug-likeness (QED) is 0.406. The molecular weight excluding hydrogens is 444 g/mol. The molecule has 0 aliphatic heterocycles. The molecule has 0 radical (unpaired) electrons. The first-order valence-electron chi connectivity index (χ1n) is 9.66. The highest BCUT2D eigenvalue weighted by Crippen LogP contribution is 2.33. The van der Waals surface area contributed by atoms with Gasteiger partial charge in [0.1, 0.15) is 4.21 Å². The lowest BCUT2D eigenvalue weighted by Crippen LogP contribution is -2.25. The van der Waals surface area contributed by atoms with Crippen molar-refractivity contribution in [1.82, 2.24) is 4.98 Å². The molecule has 0 saturated heterocycles. The molecule has 9 heteroatoms. The molecule has 4 rings (SSSR count). The third-order valence-electron chi connectivity index (χ3n) is 4.66. The van der Waals surface area contributed by atoms with Gasteiger partial charge in [-0.25, -0.2) is 13.2 Å². The Morgan fingerprint density at radius 2 is 1.56 bits per heavy atom. The number of amides is 2. The number of rotatable bonds is 6. The van der Waals surface area contributed by atoms with Crippen molar-refractivity contribution in [2.45, 2.75) is 4.21 Å². The monoisotopic (exact) mass is 464 g/mol. The summed E-state index contributed by atoms with van der Waals surface area (Å²) in [5.41, 5.74) is 2.57. The second kappa shape index (κ2) is 9.21. The van der Waals surface area contributed by atoms with E-state index in [9.17, 15) is 13.2 Å². The Morgan fingerprint density at radius 3 is 2.22 bits per heavy atom. The van der Waals surface area contributed by atoms with Gasteiger partial charge in [-0.3, -0.25) is 9.29 Å². The highest BCUT2D eigenvalue weighted by Gasteiger charge is 2.23. The first kappa shape index (κ1) is 21.5. The lowest BCUT2D eigenvalue weighted by molar-refractivity contribution is 0.262. The van der Waals surface area contributed by atoms with Crippen LogP contribution < -0.4 is 14.9 Å². The van der Waals surface area contributed by atoms with E-state index in [-0.39, 0.29) is 10.2 Å². The SMILES string of the molecule is CN(c1ccc(NC(=O)Nc2ccccc2)cc1)S(=O)(=O)c1ccc(-c2cccnc2)s1. The van der Waals surface area contributed by atoms with Crippen LogP contribution in [0.2, 0.25) is 0 Å². The second-order valence-corrected chi connectivity index (χ2v) is 10.1. The first-order valence-corrected chi connectivity index (χ1v) is 11.9. The summed E-state index contributed by atoms with van der Waals surface area (Å²) in [5, 5.41) is 5.46. The number of anilines is 3. The van der Waals surface area contributed by atoms with Crippen LogP contribution in [0.15, 0.2) is 95.5 Å². The van der Waals surface area contributed by atoms with E-state index in [1.54, 1.807) is 60.9 Å². The van der Waals surface area contributed by atoms with Crippen LogP contribution in [-0.4, -0.2) is 26.5 Å². The zero-order chi connectivity index (χ0) is 22.6. The third-order valence-corrected chi connectivity index (χ3v) is 8.05. The van der Waals surface area contributed by atoms with Crippen molar-refractivity contribution in [3.8, 4) is 10.4 Å². The van der Waals surface area contributed by atoms with Crippen LogP contribution in [0.4, 0.5) is 21.9 Å². The summed E-state index contributed by atoms with van der Waals surface area (Å²) in [4.78, 5) is 17.0. The molecule has 2 aromatic heterocycles. The lowest BCUT2D eigenvalue weighted by Gasteiger charge is -2.19. The molecule has 0 unspecified atom stereocenters. The summed E-state index contributed by atoms with van der Waals surface area (Å²) in [6, 6.07) is 22.4. The van der Waals surface area contributed by atoms with Gasteiger partial charge in [-0.2, -0.15) is 0 Å². The van der Waals surface area contributed by atoms with Crippen LogP contribution in [0.25, 0.3) is 10.4 Å². The molecule has 0 bridgehead atoms. The Morgan fingerprint density at radius 1 is 0.875 bits per heavy atom. The molecule has 0 saturated carbocycles. The molecule has 0 aliphatic rings. The Balaban J connectivity index is 1.45. The van der Waals surface area contributed by atoms with Crippen LogP contribution in [0, 0.1) is 0 Å². The molecule has 2 aromatic carbocycles. The van der Waals surface area contributed by atoms with Crippen LogP contribution in [-0.2, 0) is 10.0 Å². The molecule has 0 spiro atoms. The van der Waals surface area contributed by atoms with Crippen molar-refractivity contribution in [2.24, 2.45) is 0 Å². The van der Waals surface area contributed by atoms with Crippen molar-refractivity contribution in [1.29, 1.82) is 0 Å². The molecular formula is C23H20N4O3S2. The fraction of sp³-hybridized carbons (Fsp3) is 0.0435. The molecule has 2 N–H and O–H groups in total. The zero-order valence-electron chi connectivity index (χ0n) is 17.1. The van der Waals surface area contributed by atoms with E-state index >= 15 is 0 Å². The van der Waals surface area contributed by atoms with Gasteiger partial charge in [-0.15, -0.1) is 11.3 Å². The second-order valence-electron chi connectivity index (χ2n) is 6.82. The molecule has 0 fully saturated rings. The molecule has 2 amide bonds. The van der Waals surface area contributed by atoms with Gasteiger partial charge in [0.25, 0.3) is 10.0 Å². The first-order chi connectivity index (χ1) is 15.4. The standard InChI is InChI=1S/C23H20N4O3S2/c1-27(32(29,30)22-14-13-21(31-22)17-6-5-15-24-16-17)20-11-9-19(10-12-20)26-23(28)25-18-7-3-2-4-8-18/h2-16H,1H3,(H2,25,26,28). The number of thiophene rings is 1. The highest BCUT2D eigenvalue weighted by atomic mass is 32.2. The van der Waals surface area contributed by atoms with E-state index in [4.69, 9.17) is 0 Å². The number of benzene rings is 2. The Labute approximate surface area is 190 Å². The van der Waals surface area contributed by atoms with Gasteiger partial charge in [-0.1, -0.05) is 24.3 Å². The average Bonchev–Trinajstić information content (AvgIpc) is 3.32. The molecule has 0 aliphatic carbocycles. The van der Waals surface area contributed by atoms with E-state index in [1.165, 1.54) is 22.7 Å². The van der Waals surface area contributed by atoms with Crippen LogP contribution in [0.1, 0.15) is 0 Å². The number of hydrogen-bond acceptors (Lipinski definition) is 5. The van der Waals surface area contributed by atoms with Crippen molar-refractivity contribution in [3.05, 3.63) is 91.3 Å². The number of para-hydroxylation sites is 1. The van der Waals surface area contributed by atoms with Crippen molar-refractivity contribution in [3.63, 3.8) is 0 Å². The number of nitrogens with one attached hydrogen (secondary N) is 2. The molecule has 2 heterocycles. The maximum atomic E-state index is 13.1. The summed E-state index contributed by atoms with van der Waals surface area (Å²) in [6.07, 6.45) is 3.37. The number of aromatic nitrogens is 1. The molecule has 32 heavy (non-hydrogen) atoms. The van der Waals surface area contributed by atoms with Crippen molar-refractivity contribution in [2.75, 3.05) is 22.0 Å². The predicted octanol–water partition coefficient (Wildman–Crippen LogP) is 5.28. The van der Waals surface area contributed by atoms with E-state index in [1.807, 2.05) is 30.3 Å². The number of sulfonamides is 1. The van der Waals surface area contributed by atoms with Gasteiger partial charge < -0.3 is 10.6 Å². The average molecular weight is 465 g/mol. The lowest BCUT2D eigenvalue weighted by atomic mass is 10.2. The van der Waals surface area contributed by atoms with Gasteiger partial charge in [0, 0.05) is 41.3 Å². The number of carbonyl (C=O) groups excluding carboxylic acids is 1. The van der Waals surface area contributed by atoms with Crippen LogP contribution in [0.3, 0.4) is 0 Å². The van der Waals surface area contributed by atoms with E-state index in [0.29, 0.717) is 17.1 Å². The number of hydrogen-bond donors (Lipinski definition) is 2. The van der Waals surface area contributed by atoms with Crippen molar-refractivity contribution < 1.29 is 13.2 Å². The number of urea groups is 1. The van der Waals surface area contributed by atoms with E-state index in [0.717, 1.165) is 10.4 Å². The van der Waals surface area contributed by atoms with Gasteiger partial charge in [-0.05, 0) is 54.6 Å². The minimum atomic E-state index is -3.72. The summed E-state index contributed by atoms with van der Waals surface area (Å²) in [7, 11) is -2.22. The third kappa shape index (κ3) is 4.79. The smallest absolute Gasteiger partial charge is 0.308 e. The van der Waals surface area contributed by atoms with Gasteiger partial charge in [0.05, 0.1) is 5.69 Å². The van der Waals surface area contributed by atoms with E-state index in [2.05, 4.69) is 15.6 Å². The Hall–Kier alpha value is -3.69. The fourth-order valence-electron chi connectivity index (χ4n) is 2.97. The summed E-state index contributed by atoms with van der Waals surface area (Å²) < 4.78 is 27.6. The van der Waals surface area contributed by atoms with E-state index < -0.39 is 10.0 Å². The van der Waals surface area contributed by atoms with Crippen LogP contribution in [0.5, 0.6) is 0 Å². The highest BCUT2D eigenvalue weighted by molar-refractivity contribution is 7.94. The fourth-order valence-corrected chi connectivity index (χ4v) is 5.63. The minimum Gasteiger partial charge on any atom is -0.308 e. The number of carbonyl (C=O) groups is 1. The topological polar surface area (TPSA) is 91.4 Å². The van der Waals surface area contributed by atoms with Gasteiger partial charge in [0.2, 0.25) is 0 Å². The number of pyridine rings is 1. The molecule has 4 aromatic rings. The molecule has 0 atom stereocenters. The molecule has 7 nitrogen and oxygen atoms in total. The summed E-state index contributed by atoms with van der Waals surface area (Å²) >= 11 is 1.19.